The molecule has 0 aliphatic carbocycles. The van der Waals surface area contributed by atoms with Crippen molar-refractivity contribution in [2.75, 3.05) is 21.6 Å². The highest BCUT2D eigenvalue weighted by atomic mass is 32.2. The van der Waals surface area contributed by atoms with Gasteiger partial charge in [0.15, 0.2) is 4.34 Å². The first-order valence-corrected chi connectivity index (χ1v) is 10.8. The van der Waals surface area contributed by atoms with Gasteiger partial charge in [0.05, 0.1) is 11.9 Å². The Bertz CT molecular complexity index is 793. The zero-order valence-electron chi connectivity index (χ0n) is 13.5. The zero-order valence-corrected chi connectivity index (χ0v) is 15.9. The zero-order chi connectivity index (χ0) is 17.7. The Hall–Kier alpha value is -1.65. The van der Waals surface area contributed by atoms with E-state index in [1.165, 1.54) is 30.0 Å². The van der Waals surface area contributed by atoms with Crippen LogP contribution in [0.1, 0.15) is 13.8 Å². The first-order valence-electron chi connectivity index (χ1n) is 7.14. The second kappa shape index (κ2) is 7.95. The molecule has 0 saturated heterocycles. The van der Waals surface area contributed by atoms with Crippen LogP contribution in [0.5, 0.6) is 0 Å². The van der Waals surface area contributed by atoms with Crippen LogP contribution in [0.2, 0.25) is 0 Å². The summed E-state index contributed by atoms with van der Waals surface area (Å²) in [5.41, 5.74) is 0.433. The van der Waals surface area contributed by atoms with Gasteiger partial charge < -0.3 is 0 Å². The molecule has 1 aromatic carbocycles. The largest absolute Gasteiger partial charge is 0.299 e. The van der Waals surface area contributed by atoms with E-state index in [1.807, 2.05) is 6.92 Å². The molecule has 0 spiro atoms. The molecule has 2 aromatic rings. The third-order valence-electron chi connectivity index (χ3n) is 3.00. The molecule has 2 rings (SSSR count). The summed E-state index contributed by atoms with van der Waals surface area (Å²) in [5.74, 6) is 0.392. The Kier molecular flexibility index (Phi) is 6.19. The van der Waals surface area contributed by atoms with Gasteiger partial charge in [-0.2, -0.15) is 0 Å². The van der Waals surface area contributed by atoms with Crippen molar-refractivity contribution in [1.29, 1.82) is 0 Å². The van der Waals surface area contributed by atoms with Crippen LogP contribution in [0.4, 0.5) is 10.8 Å². The molecule has 1 atom stereocenters. The Morgan fingerprint density at radius 3 is 2.58 bits per heavy atom. The molecule has 1 N–H and O–H groups in total. The number of hydrogen-bond acceptors (Lipinski definition) is 7. The van der Waals surface area contributed by atoms with Crippen LogP contribution in [0.3, 0.4) is 0 Å². The summed E-state index contributed by atoms with van der Waals surface area (Å²) < 4.78 is 26.1. The topological polar surface area (TPSA) is 92.3 Å². The fraction of sp³-hybridized carbons (Fsp3) is 0.357. The van der Waals surface area contributed by atoms with Crippen LogP contribution >= 0.6 is 23.1 Å². The van der Waals surface area contributed by atoms with Crippen LogP contribution < -0.4 is 9.62 Å². The lowest BCUT2D eigenvalue weighted by Gasteiger charge is -2.27. The Labute approximate surface area is 149 Å². The summed E-state index contributed by atoms with van der Waals surface area (Å²) in [6.45, 7) is 3.53. The van der Waals surface area contributed by atoms with E-state index in [0.29, 0.717) is 10.8 Å². The van der Waals surface area contributed by atoms with Crippen LogP contribution in [0, 0.1) is 0 Å². The lowest BCUT2D eigenvalue weighted by molar-refractivity contribution is -0.116. The number of aromatic nitrogens is 2. The fourth-order valence-electron chi connectivity index (χ4n) is 2.04. The molecule has 10 heteroatoms. The maximum atomic E-state index is 12.5. The third-order valence-corrected chi connectivity index (χ3v) is 6.10. The summed E-state index contributed by atoms with van der Waals surface area (Å²) in [7, 11) is -3.62. The minimum absolute atomic E-state index is 0.351. The van der Waals surface area contributed by atoms with E-state index in [-0.39, 0.29) is 0 Å². The summed E-state index contributed by atoms with van der Waals surface area (Å²) in [5, 5.41) is 10.8. The Balaban J connectivity index is 2.19. The number of carbonyl (C=O) groups excluding carboxylic acids is 1. The molecule has 0 unspecified atom stereocenters. The van der Waals surface area contributed by atoms with Gasteiger partial charge in [0, 0.05) is 0 Å². The van der Waals surface area contributed by atoms with Crippen molar-refractivity contribution in [1.82, 2.24) is 10.2 Å². The predicted molar refractivity (Wildman–Crippen MR) is 98.2 cm³/mol. The predicted octanol–water partition coefficient (Wildman–Crippen LogP) is 2.44. The van der Waals surface area contributed by atoms with E-state index in [0.717, 1.165) is 20.7 Å². The molecule has 0 aliphatic rings. The van der Waals surface area contributed by atoms with Crippen LogP contribution in [0.25, 0.3) is 0 Å². The van der Waals surface area contributed by atoms with Crippen LogP contribution in [-0.2, 0) is 14.8 Å². The van der Waals surface area contributed by atoms with Gasteiger partial charge in [0.1, 0.15) is 6.04 Å². The van der Waals surface area contributed by atoms with Crippen molar-refractivity contribution in [3.8, 4) is 0 Å². The van der Waals surface area contributed by atoms with Gasteiger partial charge >= 0.3 is 0 Å². The summed E-state index contributed by atoms with van der Waals surface area (Å²) in [6, 6.07) is 7.59. The van der Waals surface area contributed by atoms with Crippen molar-refractivity contribution >= 4 is 49.8 Å². The van der Waals surface area contributed by atoms with Gasteiger partial charge in [-0.25, -0.2) is 8.42 Å². The van der Waals surface area contributed by atoms with Gasteiger partial charge in [0.25, 0.3) is 0 Å². The second-order valence-electron chi connectivity index (χ2n) is 4.87. The number of benzene rings is 1. The van der Waals surface area contributed by atoms with Gasteiger partial charge in [-0.05, 0) is 24.8 Å². The number of anilines is 2. The van der Waals surface area contributed by atoms with Crippen molar-refractivity contribution in [3.05, 3.63) is 30.3 Å². The smallest absolute Gasteiger partial charge is 0.249 e. The highest BCUT2D eigenvalue weighted by Crippen LogP contribution is 2.26. The van der Waals surface area contributed by atoms with Crippen LogP contribution in [-0.4, -0.2) is 42.6 Å². The van der Waals surface area contributed by atoms with E-state index in [1.54, 1.807) is 30.3 Å². The standard InChI is InChI=1S/C14H18N4O3S3/c1-4-22-14-17-16-13(23-14)15-12(19)10(2)18(24(3,20)21)11-8-6-5-7-9-11/h5-10H,4H2,1-3H3,(H,15,16,19)/t10-/m1/s1. The van der Waals surface area contributed by atoms with Gasteiger partial charge in [0.2, 0.25) is 21.1 Å². The molecule has 24 heavy (non-hydrogen) atoms. The van der Waals surface area contributed by atoms with E-state index in [4.69, 9.17) is 0 Å². The van der Waals surface area contributed by atoms with Gasteiger partial charge in [-0.15, -0.1) is 10.2 Å². The SMILES string of the molecule is CCSc1nnc(NC(=O)[C@@H](C)N(c2ccccc2)S(C)(=O)=O)s1. The summed E-state index contributed by atoms with van der Waals surface area (Å²) in [6.07, 6.45) is 1.07. The number of thioether (sulfide) groups is 1. The number of rotatable bonds is 7. The maximum Gasteiger partial charge on any atom is 0.249 e. The number of carbonyl (C=O) groups is 1. The van der Waals surface area contributed by atoms with Crippen LogP contribution in [0.15, 0.2) is 34.7 Å². The lowest BCUT2D eigenvalue weighted by Crippen LogP contribution is -2.45. The molecule has 130 valence electrons. The fourth-order valence-corrected chi connectivity index (χ4v) is 4.86. The van der Waals surface area contributed by atoms with Crippen molar-refractivity contribution < 1.29 is 13.2 Å². The third kappa shape index (κ3) is 4.68. The van der Waals surface area contributed by atoms with Crippen molar-refractivity contribution in [3.63, 3.8) is 0 Å². The number of nitrogens with one attached hydrogen (secondary N) is 1. The molecule has 0 saturated carbocycles. The average molecular weight is 387 g/mol. The molecule has 0 radical (unpaired) electrons. The van der Waals surface area contributed by atoms with E-state index in [9.17, 15) is 13.2 Å². The number of nitrogens with zero attached hydrogens (tertiary/aromatic N) is 3. The minimum atomic E-state index is -3.62. The normalized spacial score (nSPS) is 12.6. The van der Waals surface area contributed by atoms with E-state index in [2.05, 4.69) is 15.5 Å². The molecule has 1 amide bonds. The molecular weight excluding hydrogens is 368 g/mol. The number of amides is 1. The highest BCUT2D eigenvalue weighted by Gasteiger charge is 2.29. The monoisotopic (exact) mass is 386 g/mol. The molecule has 0 bridgehead atoms. The summed E-state index contributed by atoms with van der Waals surface area (Å²) >= 11 is 2.79. The number of sulfonamides is 1. The number of hydrogen-bond donors (Lipinski definition) is 1. The number of para-hydroxylation sites is 1. The van der Waals surface area contributed by atoms with Gasteiger partial charge in [-0.3, -0.25) is 14.4 Å². The quantitative estimate of drug-likeness (QED) is 0.580. The Morgan fingerprint density at radius 1 is 1.33 bits per heavy atom. The van der Waals surface area contributed by atoms with Crippen molar-refractivity contribution in [2.24, 2.45) is 0 Å². The lowest BCUT2D eigenvalue weighted by atomic mass is 10.2. The molecule has 7 nitrogen and oxygen atoms in total. The molecular formula is C14H18N4O3S3. The first kappa shape index (κ1) is 18.7. The average Bonchev–Trinajstić information content (AvgIpc) is 2.94. The maximum absolute atomic E-state index is 12.5. The minimum Gasteiger partial charge on any atom is -0.299 e. The van der Waals surface area contributed by atoms with E-state index >= 15 is 0 Å². The molecule has 1 heterocycles. The molecule has 0 fully saturated rings. The van der Waals surface area contributed by atoms with E-state index < -0.39 is 22.0 Å². The second-order valence-corrected chi connectivity index (χ2v) is 9.21. The Morgan fingerprint density at radius 2 is 2.00 bits per heavy atom. The first-order chi connectivity index (χ1) is 11.3. The van der Waals surface area contributed by atoms with Gasteiger partial charge in [-0.1, -0.05) is 48.2 Å². The summed E-state index contributed by atoms with van der Waals surface area (Å²) in [4.78, 5) is 12.5. The molecule has 1 aromatic heterocycles. The van der Waals surface area contributed by atoms with Crippen molar-refractivity contribution in [2.45, 2.75) is 24.2 Å². The molecule has 0 aliphatic heterocycles. The highest BCUT2D eigenvalue weighted by molar-refractivity contribution is 8.01.